The zero-order valence-electron chi connectivity index (χ0n) is 9.48. The van der Waals surface area contributed by atoms with Crippen molar-refractivity contribution in [3.05, 3.63) is 54.1 Å². The number of carbonyl (C=O) groups excluding carboxylic acids is 1. The molecular formula is C14H16O2. The quantitative estimate of drug-likeness (QED) is 0.538. The van der Waals surface area contributed by atoms with Crippen LogP contribution in [0.15, 0.2) is 48.6 Å². The Balaban J connectivity index is 2.56. The summed E-state index contributed by atoms with van der Waals surface area (Å²) in [6, 6.07) is 7.05. The summed E-state index contributed by atoms with van der Waals surface area (Å²) in [5, 5.41) is 0. The van der Waals surface area contributed by atoms with Crippen molar-refractivity contribution in [1.29, 1.82) is 0 Å². The molecule has 84 valence electrons. The summed E-state index contributed by atoms with van der Waals surface area (Å²) in [4.78, 5) is 10.5. The highest BCUT2D eigenvalue weighted by molar-refractivity contribution is 5.74. The molecule has 0 N–H and O–H groups in total. The highest BCUT2D eigenvalue weighted by Gasteiger charge is 1.96. The highest BCUT2D eigenvalue weighted by Crippen LogP contribution is 2.12. The van der Waals surface area contributed by atoms with Gasteiger partial charge in [0.1, 0.15) is 18.6 Å². The van der Waals surface area contributed by atoms with Crippen molar-refractivity contribution in [3.63, 3.8) is 0 Å². The molecule has 0 amide bonds. The topological polar surface area (TPSA) is 26.3 Å². The summed E-state index contributed by atoms with van der Waals surface area (Å²) in [6.45, 7) is 6.31. The van der Waals surface area contributed by atoms with Crippen molar-refractivity contribution >= 4 is 6.29 Å². The molecule has 1 rings (SSSR count). The molecule has 0 saturated heterocycles. The van der Waals surface area contributed by atoms with Crippen LogP contribution in [0.25, 0.3) is 0 Å². The van der Waals surface area contributed by atoms with E-state index in [1.54, 1.807) is 30.3 Å². The molecule has 0 fully saturated rings. The summed E-state index contributed by atoms with van der Waals surface area (Å²) < 4.78 is 5.56. The maximum absolute atomic E-state index is 10.5. The standard InChI is InChI=1S/C14H16O2/c1-3-5-12(4-2)11-16-14-8-6-13(10-15)7-9-14/h4-10H,2-3,11H2,1H3/b12-5+. The zero-order valence-corrected chi connectivity index (χ0v) is 9.48. The molecule has 0 unspecified atom stereocenters. The maximum atomic E-state index is 10.5. The molecule has 1 aromatic rings. The van der Waals surface area contributed by atoms with Crippen molar-refractivity contribution in [2.75, 3.05) is 6.61 Å². The second-order valence-corrected chi connectivity index (χ2v) is 3.37. The van der Waals surface area contributed by atoms with Gasteiger partial charge in [-0.25, -0.2) is 0 Å². The van der Waals surface area contributed by atoms with Gasteiger partial charge in [-0.05, 0) is 36.3 Å². The first kappa shape index (κ1) is 12.2. The SMILES string of the molecule is C=C/C(=C\CC)COc1ccc(C=O)cc1. The molecule has 0 aliphatic heterocycles. The summed E-state index contributed by atoms with van der Waals surface area (Å²) in [5.41, 5.74) is 1.72. The van der Waals surface area contributed by atoms with Crippen LogP contribution in [0.4, 0.5) is 0 Å². The fraction of sp³-hybridized carbons (Fsp3) is 0.214. The molecule has 2 nitrogen and oxygen atoms in total. The molecule has 0 atom stereocenters. The third-order valence-electron chi connectivity index (χ3n) is 2.15. The third-order valence-corrected chi connectivity index (χ3v) is 2.15. The Labute approximate surface area is 96.2 Å². The fourth-order valence-electron chi connectivity index (χ4n) is 1.27. The van der Waals surface area contributed by atoms with Gasteiger partial charge in [0.05, 0.1) is 0 Å². The Bertz CT molecular complexity index is 374. The maximum Gasteiger partial charge on any atom is 0.150 e. The second kappa shape index (κ2) is 6.62. The van der Waals surface area contributed by atoms with E-state index in [0.29, 0.717) is 12.2 Å². The highest BCUT2D eigenvalue weighted by atomic mass is 16.5. The van der Waals surface area contributed by atoms with Gasteiger partial charge in [-0.1, -0.05) is 25.7 Å². The average Bonchev–Trinajstić information content (AvgIpc) is 2.35. The van der Waals surface area contributed by atoms with Crippen molar-refractivity contribution in [3.8, 4) is 5.75 Å². The molecule has 0 aliphatic rings. The Morgan fingerprint density at radius 1 is 1.38 bits per heavy atom. The Morgan fingerprint density at radius 2 is 2.06 bits per heavy atom. The number of ether oxygens (including phenoxy) is 1. The first-order chi connectivity index (χ1) is 7.80. The zero-order chi connectivity index (χ0) is 11.8. The molecule has 0 radical (unpaired) electrons. The van der Waals surface area contributed by atoms with Crippen LogP contribution >= 0.6 is 0 Å². The van der Waals surface area contributed by atoms with Gasteiger partial charge in [-0.3, -0.25) is 4.79 Å². The molecule has 0 spiro atoms. The molecule has 0 aromatic heterocycles. The number of rotatable bonds is 6. The minimum atomic E-state index is 0.512. The van der Waals surface area contributed by atoms with E-state index >= 15 is 0 Å². The van der Waals surface area contributed by atoms with Crippen LogP contribution in [-0.4, -0.2) is 12.9 Å². The van der Waals surface area contributed by atoms with Crippen molar-refractivity contribution in [2.45, 2.75) is 13.3 Å². The van der Waals surface area contributed by atoms with E-state index in [-0.39, 0.29) is 0 Å². The van der Waals surface area contributed by atoms with E-state index in [1.807, 2.05) is 0 Å². The van der Waals surface area contributed by atoms with Gasteiger partial charge in [0, 0.05) is 5.56 Å². The molecule has 1 aromatic carbocycles. The van der Waals surface area contributed by atoms with Crippen LogP contribution in [0.5, 0.6) is 5.75 Å². The van der Waals surface area contributed by atoms with Gasteiger partial charge < -0.3 is 4.74 Å². The third kappa shape index (κ3) is 3.73. The van der Waals surface area contributed by atoms with E-state index in [1.165, 1.54) is 0 Å². The van der Waals surface area contributed by atoms with E-state index in [4.69, 9.17) is 4.74 Å². The lowest BCUT2D eigenvalue weighted by Crippen LogP contribution is -1.99. The van der Waals surface area contributed by atoms with Crippen LogP contribution in [0.1, 0.15) is 23.7 Å². The van der Waals surface area contributed by atoms with Gasteiger partial charge in [0.2, 0.25) is 0 Å². The first-order valence-corrected chi connectivity index (χ1v) is 5.29. The first-order valence-electron chi connectivity index (χ1n) is 5.29. The summed E-state index contributed by atoms with van der Waals surface area (Å²) in [5.74, 6) is 0.759. The predicted molar refractivity (Wildman–Crippen MR) is 65.9 cm³/mol. The van der Waals surface area contributed by atoms with Crippen molar-refractivity contribution in [2.24, 2.45) is 0 Å². The number of allylic oxidation sites excluding steroid dienone is 1. The van der Waals surface area contributed by atoms with Crippen LogP contribution in [0.3, 0.4) is 0 Å². The van der Waals surface area contributed by atoms with E-state index in [9.17, 15) is 4.79 Å². The predicted octanol–water partition coefficient (Wildman–Crippen LogP) is 3.40. The summed E-state index contributed by atoms with van der Waals surface area (Å²) in [6.07, 6.45) is 5.65. The number of benzene rings is 1. The van der Waals surface area contributed by atoms with Gasteiger partial charge in [-0.15, -0.1) is 0 Å². The van der Waals surface area contributed by atoms with Crippen molar-refractivity contribution in [1.82, 2.24) is 0 Å². The molecule has 0 aliphatic carbocycles. The lowest BCUT2D eigenvalue weighted by molar-refractivity contribution is 0.112. The minimum Gasteiger partial charge on any atom is -0.489 e. The second-order valence-electron chi connectivity index (χ2n) is 3.37. The summed E-state index contributed by atoms with van der Waals surface area (Å²) >= 11 is 0. The van der Waals surface area contributed by atoms with Crippen molar-refractivity contribution < 1.29 is 9.53 Å². The number of aldehydes is 1. The molecule has 0 heterocycles. The molecule has 2 heteroatoms. The van der Waals surface area contributed by atoms with Crippen LogP contribution < -0.4 is 4.74 Å². The number of hydrogen-bond acceptors (Lipinski definition) is 2. The van der Waals surface area contributed by atoms with E-state index < -0.39 is 0 Å². The van der Waals surface area contributed by atoms with E-state index in [2.05, 4.69) is 19.6 Å². The number of carbonyl (C=O) groups is 1. The molecular weight excluding hydrogens is 200 g/mol. The lowest BCUT2D eigenvalue weighted by atomic mass is 10.2. The van der Waals surface area contributed by atoms with Gasteiger partial charge in [0.25, 0.3) is 0 Å². The summed E-state index contributed by atoms with van der Waals surface area (Å²) in [7, 11) is 0. The van der Waals surface area contributed by atoms with Gasteiger partial charge >= 0.3 is 0 Å². The molecule has 16 heavy (non-hydrogen) atoms. The largest absolute Gasteiger partial charge is 0.489 e. The van der Waals surface area contributed by atoms with Crippen LogP contribution in [-0.2, 0) is 0 Å². The minimum absolute atomic E-state index is 0.512. The van der Waals surface area contributed by atoms with Crippen LogP contribution in [0.2, 0.25) is 0 Å². The van der Waals surface area contributed by atoms with Gasteiger partial charge in [-0.2, -0.15) is 0 Å². The molecule has 0 bridgehead atoms. The Kier molecular flexibility index (Phi) is 5.06. The smallest absolute Gasteiger partial charge is 0.150 e. The fourth-order valence-corrected chi connectivity index (χ4v) is 1.27. The Morgan fingerprint density at radius 3 is 2.56 bits per heavy atom. The lowest BCUT2D eigenvalue weighted by Gasteiger charge is -2.06. The normalized spacial score (nSPS) is 10.9. The Hall–Kier alpha value is -1.83. The monoisotopic (exact) mass is 216 g/mol. The average molecular weight is 216 g/mol. The van der Waals surface area contributed by atoms with E-state index in [0.717, 1.165) is 24.0 Å². The number of hydrogen-bond donors (Lipinski definition) is 0. The van der Waals surface area contributed by atoms with Crippen LogP contribution in [0, 0.1) is 0 Å². The molecule has 0 saturated carbocycles. The van der Waals surface area contributed by atoms with Gasteiger partial charge in [0.15, 0.2) is 0 Å².